The van der Waals surface area contributed by atoms with Gasteiger partial charge in [-0.2, -0.15) is 0 Å². The first-order valence-electron chi connectivity index (χ1n) is 5.35. The van der Waals surface area contributed by atoms with Crippen molar-refractivity contribution in [3.63, 3.8) is 0 Å². The Balaban J connectivity index is 2.26. The summed E-state index contributed by atoms with van der Waals surface area (Å²) in [5.41, 5.74) is 8.29. The van der Waals surface area contributed by atoms with E-state index in [0.717, 1.165) is 10.0 Å². The molecule has 0 aliphatic heterocycles. The molecule has 0 fully saturated rings. The minimum absolute atomic E-state index is 0.326. The Morgan fingerprint density at radius 3 is 2.72 bits per heavy atom. The van der Waals surface area contributed by atoms with Gasteiger partial charge in [-0.25, -0.2) is 9.37 Å². The molecule has 3 aromatic rings. The zero-order valence-corrected chi connectivity index (χ0v) is 10.8. The molecule has 0 unspecified atom stereocenters. The number of aromatic nitrogens is 2. The first kappa shape index (κ1) is 11.2. The summed E-state index contributed by atoms with van der Waals surface area (Å²) in [7, 11) is 0. The van der Waals surface area contributed by atoms with Gasteiger partial charge in [0.15, 0.2) is 5.82 Å². The predicted octanol–water partition coefficient (Wildman–Crippen LogP) is 3.71. The van der Waals surface area contributed by atoms with E-state index in [-0.39, 0.29) is 5.82 Å². The summed E-state index contributed by atoms with van der Waals surface area (Å²) in [6.07, 6.45) is 0. The lowest BCUT2D eigenvalue weighted by Crippen LogP contribution is -1.92. The summed E-state index contributed by atoms with van der Waals surface area (Å²) >= 11 is 3.36. The molecule has 1 aromatic heterocycles. The van der Waals surface area contributed by atoms with Gasteiger partial charge in [0.1, 0.15) is 11.3 Å². The number of nitrogens with one attached hydrogen (secondary N) is 1. The summed E-state index contributed by atoms with van der Waals surface area (Å²) in [5.74, 6) is 0.220. The van der Waals surface area contributed by atoms with Gasteiger partial charge in [0, 0.05) is 10.0 Å². The van der Waals surface area contributed by atoms with Crippen LogP contribution < -0.4 is 5.73 Å². The van der Waals surface area contributed by atoms with E-state index in [1.54, 1.807) is 12.1 Å². The fourth-order valence-electron chi connectivity index (χ4n) is 1.87. The lowest BCUT2D eigenvalue weighted by atomic mass is 10.2. The van der Waals surface area contributed by atoms with Crippen molar-refractivity contribution < 1.29 is 4.39 Å². The Kier molecular flexibility index (Phi) is 2.56. The molecule has 0 saturated carbocycles. The normalized spacial score (nSPS) is 11.0. The van der Waals surface area contributed by atoms with Gasteiger partial charge in [0.25, 0.3) is 0 Å². The number of hydrogen-bond donors (Lipinski definition) is 2. The Bertz CT molecular complexity index is 736. The molecule has 5 heteroatoms. The maximum Gasteiger partial charge on any atom is 0.151 e. The third-order valence-corrected chi connectivity index (χ3v) is 3.46. The minimum atomic E-state index is -0.344. The fraction of sp³-hybridized carbons (Fsp3) is 0. The highest BCUT2D eigenvalue weighted by Crippen LogP contribution is 2.31. The number of rotatable bonds is 1. The van der Waals surface area contributed by atoms with Gasteiger partial charge in [0.2, 0.25) is 0 Å². The molecule has 0 bridgehead atoms. The Labute approximate surface area is 111 Å². The predicted molar refractivity (Wildman–Crippen MR) is 73.6 cm³/mol. The molecule has 90 valence electrons. The second-order valence-corrected chi connectivity index (χ2v) is 4.78. The minimum Gasteiger partial charge on any atom is -0.397 e. The number of benzene rings is 2. The molecular weight excluding hydrogens is 297 g/mol. The van der Waals surface area contributed by atoms with E-state index in [1.807, 2.05) is 18.2 Å². The van der Waals surface area contributed by atoms with Gasteiger partial charge in [-0.15, -0.1) is 0 Å². The van der Waals surface area contributed by atoms with Crippen molar-refractivity contribution in [2.75, 3.05) is 5.73 Å². The van der Waals surface area contributed by atoms with Crippen LogP contribution in [0, 0.1) is 5.82 Å². The van der Waals surface area contributed by atoms with Crippen LogP contribution >= 0.6 is 15.9 Å². The average Bonchev–Trinajstić information content (AvgIpc) is 2.78. The number of nitrogens with two attached hydrogens (primary N) is 1. The summed E-state index contributed by atoms with van der Waals surface area (Å²) in [5, 5.41) is 0. The highest BCUT2D eigenvalue weighted by atomic mass is 79.9. The quantitative estimate of drug-likeness (QED) is 0.673. The molecule has 0 spiro atoms. The largest absolute Gasteiger partial charge is 0.397 e. The van der Waals surface area contributed by atoms with Crippen molar-refractivity contribution in [1.29, 1.82) is 0 Å². The monoisotopic (exact) mass is 305 g/mol. The number of imidazole rings is 1. The lowest BCUT2D eigenvalue weighted by Gasteiger charge is -2.03. The van der Waals surface area contributed by atoms with E-state index in [9.17, 15) is 4.39 Å². The van der Waals surface area contributed by atoms with Crippen LogP contribution in [0.2, 0.25) is 0 Å². The number of para-hydroxylation sites is 2. The summed E-state index contributed by atoms with van der Waals surface area (Å²) in [6.45, 7) is 0. The highest BCUT2D eigenvalue weighted by molar-refractivity contribution is 9.10. The second-order valence-electron chi connectivity index (χ2n) is 3.92. The van der Waals surface area contributed by atoms with Gasteiger partial charge < -0.3 is 10.7 Å². The maximum absolute atomic E-state index is 13.6. The molecule has 18 heavy (non-hydrogen) atoms. The molecule has 0 atom stereocenters. The standard InChI is InChI=1S/C13H9BrFN3/c14-8-4-1-3-7(11(8)16)13-17-10-6-2-5-9(15)12(10)18-13/h1-6H,16H2,(H,17,18). The number of halogens is 2. The third-order valence-electron chi connectivity index (χ3n) is 2.77. The average molecular weight is 306 g/mol. The van der Waals surface area contributed by atoms with Crippen LogP contribution in [-0.2, 0) is 0 Å². The smallest absolute Gasteiger partial charge is 0.151 e. The molecule has 0 amide bonds. The molecule has 3 nitrogen and oxygen atoms in total. The van der Waals surface area contributed by atoms with Crippen LogP contribution in [0.4, 0.5) is 10.1 Å². The molecule has 0 radical (unpaired) electrons. The number of hydrogen-bond acceptors (Lipinski definition) is 2. The molecule has 3 N–H and O–H groups in total. The van der Waals surface area contributed by atoms with Crippen molar-refractivity contribution in [2.45, 2.75) is 0 Å². The number of nitrogens with zero attached hydrogens (tertiary/aromatic N) is 1. The molecule has 0 aliphatic rings. The zero-order valence-electron chi connectivity index (χ0n) is 9.24. The van der Waals surface area contributed by atoms with Gasteiger partial charge in [-0.3, -0.25) is 0 Å². The highest BCUT2D eigenvalue weighted by Gasteiger charge is 2.11. The number of aromatic amines is 1. The Morgan fingerprint density at radius 1 is 1.17 bits per heavy atom. The summed E-state index contributed by atoms with van der Waals surface area (Å²) in [4.78, 5) is 7.32. The maximum atomic E-state index is 13.6. The molecule has 3 rings (SSSR count). The van der Waals surface area contributed by atoms with Crippen molar-refractivity contribution in [3.8, 4) is 11.4 Å². The first-order valence-corrected chi connectivity index (χ1v) is 6.14. The third kappa shape index (κ3) is 1.67. The van der Waals surface area contributed by atoms with Crippen LogP contribution in [0.25, 0.3) is 22.4 Å². The number of nitrogen functional groups attached to an aromatic ring is 1. The topological polar surface area (TPSA) is 54.7 Å². The van der Waals surface area contributed by atoms with E-state index >= 15 is 0 Å². The van der Waals surface area contributed by atoms with Crippen molar-refractivity contribution in [2.24, 2.45) is 0 Å². The summed E-state index contributed by atoms with van der Waals surface area (Å²) in [6, 6.07) is 10.4. The van der Waals surface area contributed by atoms with Crippen molar-refractivity contribution in [3.05, 3.63) is 46.7 Å². The van der Waals surface area contributed by atoms with Gasteiger partial charge in [-0.05, 0) is 40.2 Å². The fourth-order valence-corrected chi connectivity index (χ4v) is 2.23. The van der Waals surface area contributed by atoms with Crippen molar-refractivity contribution in [1.82, 2.24) is 9.97 Å². The van der Waals surface area contributed by atoms with Crippen LogP contribution in [0.1, 0.15) is 0 Å². The SMILES string of the molecule is Nc1c(Br)cccc1-c1nc2c(F)cccc2[nH]1. The van der Waals surface area contributed by atoms with Crippen LogP contribution in [0.15, 0.2) is 40.9 Å². The van der Waals surface area contributed by atoms with E-state index in [1.165, 1.54) is 6.07 Å². The molecule has 0 saturated heterocycles. The van der Waals surface area contributed by atoms with Crippen LogP contribution in [-0.4, -0.2) is 9.97 Å². The lowest BCUT2D eigenvalue weighted by molar-refractivity contribution is 0.637. The number of H-pyrrole nitrogens is 1. The van der Waals surface area contributed by atoms with E-state index in [0.29, 0.717) is 22.5 Å². The number of anilines is 1. The Morgan fingerprint density at radius 2 is 1.94 bits per heavy atom. The molecule has 2 aromatic carbocycles. The molecule has 0 aliphatic carbocycles. The number of fused-ring (bicyclic) bond motifs is 1. The van der Waals surface area contributed by atoms with Crippen LogP contribution in [0.5, 0.6) is 0 Å². The van der Waals surface area contributed by atoms with E-state index in [4.69, 9.17) is 5.73 Å². The van der Waals surface area contributed by atoms with E-state index in [2.05, 4.69) is 25.9 Å². The van der Waals surface area contributed by atoms with E-state index < -0.39 is 0 Å². The van der Waals surface area contributed by atoms with Crippen LogP contribution in [0.3, 0.4) is 0 Å². The Hall–Kier alpha value is -1.88. The zero-order chi connectivity index (χ0) is 12.7. The second kappa shape index (κ2) is 4.10. The molecular formula is C13H9BrFN3. The van der Waals surface area contributed by atoms with Gasteiger partial charge >= 0.3 is 0 Å². The first-order chi connectivity index (χ1) is 8.66. The molecule has 1 heterocycles. The van der Waals surface area contributed by atoms with Gasteiger partial charge in [0.05, 0.1) is 11.2 Å². The van der Waals surface area contributed by atoms with Gasteiger partial charge in [-0.1, -0.05) is 12.1 Å². The summed E-state index contributed by atoms with van der Waals surface area (Å²) < 4.78 is 14.4. The van der Waals surface area contributed by atoms with Crippen molar-refractivity contribution >= 4 is 32.7 Å².